The van der Waals surface area contributed by atoms with Gasteiger partial charge in [-0.25, -0.2) is 0 Å². The molecule has 3 nitrogen and oxygen atoms in total. The van der Waals surface area contributed by atoms with Crippen molar-refractivity contribution in [3.8, 4) is 0 Å². The van der Waals surface area contributed by atoms with Gasteiger partial charge in [0.15, 0.2) is 0 Å². The average molecular weight is 210 g/mol. The SMILES string of the molecule is CC(C)NC1CCCN(C2CC2C)C1=O. The second-order valence-corrected chi connectivity index (χ2v) is 5.33. The molecule has 2 aliphatic rings. The molecular formula is C12H22N2O. The van der Waals surface area contributed by atoms with Crippen molar-refractivity contribution < 1.29 is 4.79 Å². The van der Waals surface area contributed by atoms with E-state index < -0.39 is 0 Å². The van der Waals surface area contributed by atoms with Gasteiger partial charge in [0.25, 0.3) is 0 Å². The molecule has 1 amide bonds. The van der Waals surface area contributed by atoms with Gasteiger partial charge in [0, 0.05) is 18.6 Å². The Balaban J connectivity index is 1.94. The predicted molar refractivity (Wildman–Crippen MR) is 60.6 cm³/mol. The molecule has 0 aromatic rings. The molecule has 0 aromatic heterocycles. The van der Waals surface area contributed by atoms with Crippen LogP contribution in [0.3, 0.4) is 0 Å². The third kappa shape index (κ3) is 2.33. The van der Waals surface area contributed by atoms with E-state index in [1.54, 1.807) is 0 Å². The highest BCUT2D eigenvalue weighted by Crippen LogP contribution is 2.36. The monoisotopic (exact) mass is 210 g/mol. The van der Waals surface area contributed by atoms with Crippen molar-refractivity contribution >= 4 is 5.91 Å². The number of hydrogen-bond donors (Lipinski definition) is 1. The third-order valence-electron chi connectivity index (χ3n) is 3.47. The second-order valence-electron chi connectivity index (χ2n) is 5.33. The summed E-state index contributed by atoms with van der Waals surface area (Å²) >= 11 is 0. The summed E-state index contributed by atoms with van der Waals surface area (Å²) in [5.74, 6) is 1.07. The summed E-state index contributed by atoms with van der Waals surface area (Å²) in [6.07, 6.45) is 3.37. The van der Waals surface area contributed by atoms with Crippen LogP contribution in [0.15, 0.2) is 0 Å². The first-order valence-electron chi connectivity index (χ1n) is 6.16. The summed E-state index contributed by atoms with van der Waals surface area (Å²) in [4.78, 5) is 14.3. The molecule has 0 radical (unpaired) electrons. The summed E-state index contributed by atoms with van der Waals surface area (Å²) in [7, 11) is 0. The van der Waals surface area contributed by atoms with E-state index in [2.05, 4.69) is 31.0 Å². The molecule has 1 aliphatic heterocycles. The molecule has 15 heavy (non-hydrogen) atoms. The van der Waals surface area contributed by atoms with E-state index in [9.17, 15) is 4.79 Å². The third-order valence-corrected chi connectivity index (χ3v) is 3.47. The zero-order chi connectivity index (χ0) is 11.0. The van der Waals surface area contributed by atoms with Crippen molar-refractivity contribution in [2.75, 3.05) is 6.54 Å². The molecule has 0 spiro atoms. The zero-order valence-corrected chi connectivity index (χ0v) is 9.99. The van der Waals surface area contributed by atoms with E-state index in [4.69, 9.17) is 0 Å². The molecule has 1 saturated carbocycles. The molecule has 2 rings (SSSR count). The Kier molecular flexibility index (Phi) is 3.01. The van der Waals surface area contributed by atoms with E-state index >= 15 is 0 Å². The summed E-state index contributed by atoms with van der Waals surface area (Å²) < 4.78 is 0. The smallest absolute Gasteiger partial charge is 0.239 e. The van der Waals surface area contributed by atoms with Crippen molar-refractivity contribution in [1.29, 1.82) is 0 Å². The van der Waals surface area contributed by atoms with Crippen LogP contribution in [0.5, 0.6) is 0 Å². The number of carbonyl (C=O) groups is 1. The fraction of sp³-hybridized carbons (Fsp3) is 0.917. The Morgan fingerprint density at radius 3 is 2.67 bits per heavy atom. The van der Waals surface area contributed by atoms with Crippen molar-refractivity contribution in [1.82, 2.24) is 10.2 Å². The number of nitrogens with one attached hydrogen (secondary N) is 1. The Bertz CT molecular complexity index is 252. The number of rotatable bonds is 3. The molecule has 0 bridgehead atoms. The minimum absolute atomic E-state index is 0.0755. The number of piperidine rings is 1. The normalized spacial score (nSPS) is 36.1. The van der Waals surface area contributed by atoms with Crippen LogP contribution in [0.4, 0.5) is 0 Å². The van der Waals surface area contributed by atoms with Crippen molar-refractivity contribution in [3.63, 3.8) is 0 Å². The van der Waals surface area contributed by atoms with Gasteiger partial charge in [0.1, 0.15) is 0 Å². The highest BCUT2D eigenvalue weighted by Gasteiger charge is 2.43. The molecule has 0 aromatic carbocycles. The zero-order valence-electron chi connectivity index (χ0n) is 9.99. The number of amides is 1. The fourth-order valence-corrected chi connectivity index (χ4v) is 2.52. The first kappa shape index (κ1) is 10.9. The highest BCUT2D eigenvalue weighted by atomic mass is 16.2. The maximum absolute atomic E-state index is 12.2. The number of nitrogens with zero attached hydrogens (tertiary/aromatic N) is 1. The molecule has 2 fully saturated rings. The topological polar surface area (TPSA) is 32.3 Å². The Morgan fingerprint density at radius 1 is 1.47 bits per heavy atom. The summed E-state index contributed by atoms with van der Waals surface area (Å²) in [6.45, 7) is 7.42. The molecule has 1 heterocycles. The molecule has 3 heteroatoms. The predicted octanol–water partition coefficient (Wildman–Crippen LogP) is 1.38. The van der Waals surface area contributed by atoms with Gasteiger partial charge >= 0.3 is 0 Å². The molecular weight excluding hydrogens is 188 g/mol. The lowest BCUT2D eigenvalue weighted by molar-refractivity contribution is -0.137. The lowest BCUT2D eigenvalue weighted by Gasteiger charge is -2.34. The first-order chi connectivity index (χ1) is 7.09. The van der Waals surface area contributed by atoms with Gasteiger partial charge in [-0.3, -0.25) is 4.79 Å². The van der Waals surface area contributed by atoms with Gasteiger partial charge in [-0.05, 0) is 25.2 Å². The molecule has 3 atom stereocenters. The molecule has 1 aliphatic carbocycles. The van der Waals surface area contributed by atoms with Crippen LogP contribution >= 0.6 is 0 Å². The largest absolute Gasteiger partial charge is 0.338 e. The minimum Gasteiger partial charge on any atom is -0.338 e. The number of hydrogen-bond acceptors (Lipinski definition) is 2. The maximum atomic E-state index is 12.2. The first-order valence-corrected chi connectivity index (χ1v) is 6.16. The van der Waals surface area contributed by atoms with Gasteiger partial charge in [-0.1, -0.05) is 20.8 Å². The Labute approximate surface area is 92.2 Å². The van der Waals surface area contributed by atoms with Gasteiger partial charge < -0.3 is 10.2 Å². The van der Waals surface area contributed by atoms with Crippen LogP contribution in [0, 0.1) is 5.92 Å². The van der Waals surface area contributed by atoms with Crippen LogP contribution in [0.2, 0.25) is 0 Å². The lowest BCUT2D eigenvalue weighted by atomic mass is 10.0. The molecule has 3 unspecified atom stereocenters. The summed E-state index contributed by atoms with van der Waals surface area (Å²) in [5, 5.41) is 3.37. The molecule has 1 saturated heterocycles. The molecule has 1 N–H and O–H groups in total. The van der Waals surface area contributed by atoms with Crippen molar-refractivity contribution in [3.05, 3.63) is 0 Å². The molecule has 86 valence electrons. The van der Waals surface area contributed by atoms with Gasteiger partial charge in [0.05, 0.1) is 6.04 Å². The van der Waals surface area contributed by atoms with Gasteiger partial charge in [0.2, 0.25) is 5.91 Å². The Morgan fingerprint density at radius 2 is 2.13 bits per heavy atom. The quantitative estimate of drug-likeness (QED) is 0.763. The standard InChI is InChI=1S/C12H22N2O/c1-8(2)13-10-5-4-6-14(12(10)15)11-7-9(11)3/h8-11,13H,4-7H2,1-3H3. The van der Waals surface area contributed by atoms with Gasteiger partial charge in [-0.15, -0.1) is 0 Å². The van der Waals surface area contributed by atoms with E-state index in [-0.39, 0.29) is 6.04 Å². The summed E-state index contributed by atoms with van der Waals surface area (Å²) in [6, 6.07) is 1.02. The Hall–Kier alpha value is -0.570. The van der Waals surface area contributed by atoms with Crippen LogP contribution in [-0.4, -0.2) is 35.5 Å². The average Bonchev–Trinajstić information content (AvgIpc) is 2.86. The minimum atomic E-state index is 0.0755. The van der Waals surface area contributed by atoms with Crippen LogP contribution in [0.1, 0.15) is 40.0 Å². The van der Waals surface area contributed by atoms with Crippen molar-refractivity contribution in [2.45, 2.75) is 58.2 Å². The summed E-state index contributed by atoms with van der Waals surface area (Å²) in [5.41, 5.74) is 0. The fourth-order valence-electron chi connectivity index (χ4n) is 2.52. The highest BCUT2D eigenvalue weighted by molar-refractivity contribution is 5.83. The van der Waals surface area contributed by atoms with Gasteiger partial charge in [-0.2, -0.15) is 0 Å². The second kappa shape index (κ2) is 4.12. The lowest BCUT2D eigenvalue weighted by Crippen LogP contribution is -2.53. The van der Waals surface area contributed by atoms with Crippen LogP contribution < -0.4 is 5.32 Å². The van der Waals surface area contributed by atoms with E-state index in [0.29, 0.717) is 18.0 Å². The number of likely N-dealkylation sites (tertiary alicyclic amines) is 1. The number of carbonyl (C=O) groups excluding carboxylic acids is 1. The van der Waals surface area contributed by atoms with E-state index in [1.165, 1.54) is 6.42 Å². The van der Waals surface area contributed by atoms with E-state index in [0.717, 1.165) is 25.3 Å². The van der Waals surface area contributed by atoms with Crippen molar-refractivity contribution in [2.24, 2.45) is 5.92 Å². The van der Waals surface area contributed by atoms with Crippen LogP contribution in [-0.2, 0) is 4.79 Å². The van der Waals surface area contributed by atoms with Crippen LogP contribution in [0.25, 0.3) is 0 Å². The maximum Gasteiger partial charge on any atom is 0.239 e. The van der Waals surface area contributed by atoms with E-state index in [1.807, 2.05) is 0 Å².